The van der Waals surface area contributed by atoms with Crippen molar-refractivity contribution in [3.05, 3.63) is 58.6 Å². The topological polar surface area (TPSA) is 66.1 Å². The highest BCUT2D eigenvalue weighted by Crippen LogP contribution is 2.23. The summed E-state index contributed by atoms with van der Waals surface area (Å²) in [6, 6.07) is 9.15. The Balaban J connectivity index is 2.21. The van der Waals surface area contributed by atoms with Crippen LogP contribution in [0, 0.1) is 0 Å². The fourth-order valence-electron chi connectivity index (χ4n) is 2.63. The molecule has 24 heavy (non-hydrogen) atoms. The molecule has 1 aromatic rings. The maximum absolute atomic E-state index is 12.8. The molecule has 0 N–H and O–H groups in total. The third kappa shape index (κ3) is 2.82. The molecule has 0 atom stereocenters. The fraction of sp³-hybridized carbons (Fsp3) is 0.278. The van der Waals surface area contributed by atoms with Gasteiger partial charge in [-0.05, 0) is 18.6 Å². The van der Waals surface area contributed by atoms with E-state index in [0.29, 0.717) is 22.5 Å². The summed E-state index contributed by atoms with van der Waals surface area (Å²) < 4.78 is 8.03. The number of aromatic nitrogens is 3. The average Bonchev–Trinajstić information content (AvgIpc) is 2.96. The summed E-state index contributed by atoms with van der Waals surface area (Å²) >= 11 is 0. The number of carbonyl (C=O) groups excluding carboxylic acids is 1. The number of carbonyl (C=O) groups is 1. The number of nitrogens with zero attached hydrogens (tertiary/aromatic N) is 3. The predicted molar refractivity (Wildman–Crippen MR) is 90.7 cm³/mol. The largest absolute Gasteiger partial charge is 0.465 e. The highest BCUT2D eigenvalue weighted by atomic mass is 16.5. The number of unbranched alkanes of at least 4 members (excludes halogenated alkanes) is 1. The van der Waals surface area contributed by atoms with Gasteiger partial charge in [0.1, 0.15) is 11.3 Å². The Kier molecular flexibility index (Phi) is 4.46. The van der Waals surface area contributed by atoms with E-state index in [4.69, 9.17) is 4.74 Å². The molecule has 0 fully saturated rings. The first-order chi connectivity index (χ1) is 11.7. The SMILES string of the molecule is CCCCn1cc(C(=O)OC)c2nn(-c3ccccc3)c(=O)c-2c1. The van der Waals surface area contributed by atoms with E-state index in [-0.39, 0.29) is 5.56 Å². The van der Waals surface area contributed by atoms with Crippen LogP contribution >= 0.6 is 0 Å². The van der Waals surface area contributed by atoms with Gasteiger partial charge in [-0.1, -0.05) is 31.5 Å². The minimum absolute atomic E-state index is 0.243. The molecule has 0 radical (unpaired) electrons. The average molecular weight is 325 g/mol. The molecule has 6 nitrogen and oxygen atoms in total. The van der Waals surface area contributed by atoms with E-state index in [9.17, 15) is 9.59 Å². The van der Waals surface area contributed by atoms with Crippen molar-refractivity contribution in [2.75, 3.05) is 7.11 Å². The number of aryl methyl sites for hydroxylation is 1. The molecule has 0 aliphatic carbocycles. The molecular weight excluding hydrogens is 306 g/mol. The summed E-state index contributed by atoms with van der Waals surface area (Å²) in [7, 11) is 1.32. The Morgan fingerprint density at radius 3 is 2.62 bits per heavy atom. The number of rotatable bonds is 5. The van der Waals surface area contributed by atoms with Crippen molar-refractivity contribution in [2.45, 2.75) is 26.3 Å². The number of hydrogen-bond acceptors (Lipinski definition) is 4. The lowest BCUT2D eigenvalue weighted by atomic mass is 10.1. The van der Waals surface area contributed by atoms with Gasteiger partial charge in [0.05, 0.1) is 18.4 Å². The Morgan fingerprint density at radius 1 is 1.21 bits per heavy atom. The summed E-state index contributed by atoms with van der Waals surface area (Å²) in [5.41, 5.74) is 1.50. The van der Waals surface area contributed by atoms with Crippen molar-refractivity contribution in [2.24, 2.45) is 0 Å². The lowest BCUT2D eigenvalue weighted by Gasteiger charge is -2.10. The van der Waals surface area contributed by atoms with Crippen LogP contribution in [0.2, 0.25) is 0 Å². The second kappa shape index (κ2) is 6.70. The van der Waals surface area contributed by atoms with Gasteiger partial charge in [-0.15, -0.1) is 0 Å². The molecule has 2 heterocycles. The van der Waals surface area contributed by atoms with Gasteiger partial charge >= 0.3 is 5.97 Å². The molecule has 2 aliphatic heterocycles. The predicted octanol–water partition coefficient (Wildman–Crippen LogP) is 2.73. The molecule has 0 aromatic heterocycles. The van der Waals surface area contributed by atoms with E-state index >= 15 is 0 Å². The number of para-hydroxylation sites is 1. The van der Waals surface area contributed by atoms with Crippen molar-refractivity contribution in [3.8, 4) is 16.9 Å². The summed E-state index contributed by atoms with van der Waals surface area (Å²) in [6.45, 7) is 2.82. The minimum atomic E-state index is -0.497. The smallest absolute Gasteiger partial charge is 0.341 e. The zero-order valence-corrected chi connectivity index (χ0v) is 13.7. The molecule has 0 unspecified atom stereocenters. The summed E-state index contributed by atoms with van der Waals surface area (Å²) in [5.74, 6) is -0.497. The van der Waals surface area contributed by atoms with E-state index in [2.05, 4.69) is 12.0 Å². The highest BCUT2D eigenvalue weighted by Gasteiger charge is 2.24. The molecule has 0 saturated carbocycles. The molecule has 3 rings (SSSR count). The van der Waals surface area contributed by atoms with Gasteiger partial charge in [-0.25, -0.2) is 4.79 Å². The molecular formula is C18H19N3O3. The Labute approximate surface area is 139 Å². The lowest BCUT2D eigenvalue weighted by Crippen LogP contribution is -2.15. The van der Waals surface area contributed by atoms with Crippen molar-refractivity contribution in [1.29, 1.82) is 0 Å². The maximum atomic E-state index is 12.8. The van der Waals surface area contributed by atoms with E-state index in [0.717, 1.165) is 19.4 Å². The molecule has 0 bridgehead atoms. The van der Waals surface area contributed by atoms with Crippen LogP contribution in [0.25, 0.3) is 16.9 Å². The first kappa shape index (κ1) is 16.0. The number of pyridine rings is 1. The van der Waals surface area contributed by atoms with Crippen LogP contribution in [0.5, 0.6) is 0 Å². The maximum Gasteiger partial charge on any atom is 0.341 e. The normalized spacial score (nSPS) is 10.9. The molecule has 6 heteroatoms. The van der Waals surface area contributed by atoms with Crippen molar-refractivity contribution in [1.82, 2.24) is 14.3 Å². The lowest BCUT2D eigenvalue weighted by molar-refractivity contribution is 0.0600. The molecule has 1 aromatic carbocycles. The fourth-order valence-corrected chi connectivity index (χ4v) is 2.63. The molecule has 0 spiro atoms. The van der Waals surface area contributed by atoms with Gasteiger partial charge in [0.25, 0.3) is 5.56 Å². The zero-order chi connectivity index (χ0) is 17.1. The monoisotopic (exact) mass is 325 g/mol. The highest BCUT2D eigenvalue weighted by molar-refractivity contribution is 5.96. The quantitative estimate of drug-likeness (QED) is 0.677. The van der Waals surface area contributed by atoms with Crippen LogP contribution in [-0.2, 0) is 11.3 Å². The van der Waals surface area contributed by atoms with Crippen molar-refractivity contribution < 1.29 is 9.53 Å². The Morgan fingerprint density at radius 2 is 1.96 bits per heavy atom. The van der Waals surface area contributed by atoms with Gasteiger partial charge in [0.2, 0.25) is 0 Å². The van der Waals surface area contributed by atoms with E-state index in [1.807, 2.05) is 22.8 Å². The molecule has 0 saturated heterocycles. The van der Waals surface area contributed by atoms with Gasteiger partial charge in [-0.3, -0.25) is 4.79 Å². The van der Waals surface area contributed by atoms with Crippen molar-refractivity contribution >= 4 is 5.97 Å². The summed E-state index contributed by atoms with van der Waals surface area (Å²) in [4.78, 5) is 24.9. The van der Waals surface area contributed by atoms with E-state index < -0.39 is 5.97 Å². The van der Waals surface area contributed by atoms with Gasteiger partial charge in [-0.2, -0.15) is 9.78 Å². The van der Waals surface area contributed by atoms with Crippen LogP contribution in [0.4, 0.5) is 0 Å². The first-order valence-electron chi connectivity index (χ1n) is 7.92. The molecule has 2 aliphatic rings. The van der Waals surface area contributed by atoms with Crippen LogP contribution in [0.3, 0.4) is 0 Å². The third-order valence-corrected chi connectivity index (χ3v) is 3.90. The van der Waals surface area contributed by atoms with Gasteiger partial charge < -0.3 is 9.30 Å². The number of hydrogen-bond donors (Lipinski definition) is 0. The molecule has 124 valence electrons. The van der Waals surface area contributed by atoms with Gasteiger partial charge in [0, 0.05) is 18.9 Å². The van der Waals surface area contributed by atoms with Crippen LogP contribution < -0.4 is 5.56 Å². The van der Waals surface area contributed by atoms with Crippen LogP contribution in [0.1, 0.15) is 30.1 Å². The van der Waals surface area contributed by atoms with Crippen LogP contribution in [-0.4, -0.2) is 27.4 Å². The third-order valence-electron chi connectivity index (χ3n) is 3.90. The molecule has 0 amide bonds. The second-order valence-electron chi connectivity index (χ2n) is 5.57. The summed E-state index contributed by atoms with van der Waals surface area (Å²) in [5, 5.41) is 4.36. The number of fused-ring (bicyclic) bond motifs is 1. The standard InChI is InChI=1S/C18H19N3O3/c1-3-4-10-20-11-14-16(15(12-20)18(23)24-2)19-21(17(14)22)13-8-6-5-7-9-13/h5-9,11-12H,3-4,10H2,1-2H3. The van der Waals surface area contributed by atoms with Crippen molar-refractivity contribution in [3.63, 3.8) is 0 Å². The van der Waals surface area contributed by atoms with E-state index in [1.54, 1.807) is 24.5 Å². The first-order valence-corrected chi connectivity index (χ1v) is 7.92. The van der Waals surface area contributed by atoms with Crippen LogP contribution in [0.15, 0.2) is 47.5 Å². The summed E-state index contributed by atoms with van der Waals surface area (Å²) in [6.07, 6.45) is 5.43. The minimum Gasteiger partial charge on any atom is -0.465 e. The zero-order valence-electron chi connectivity index (χ0n) is 13.7. The Hall–Kier alpha value is -2.89. The number of methoxy groups -OCH3 is 1. The number of benzene rings is 1. The Bertz CT molecular complexity index is 880. The number of ether oxygens (including phenoxy) is 1. The van der Waals surface area contributed by atoms with Gasteiger partial charge in [0.15, 0.2) is 0 Å². The second-order valence-corrected chi connectivity index (χ2v) is 5.57. The van der Waals surface area contributed by atoms with E-state index in [1.165, 1.54) is 11.8 Å². The number of esters is 1.